The molecule has 2 aromatic carbocycles. The first-order valence-electron chi connectivity index (χ1n) is 6.12. The van der Waals surface area contributed by atoms with E-state index in [-0.39, 0.29) is 5.56 Å². The summed E-state index contributed by atoms with van der Waals surface area (Å²) in [5.74, 6) is -3.99. The third-order valence-electron chi connectivity index (χ3n) is 3.09. The van der Waals surface area contributed by atoms with Crippen molar-refractivity contribution in [1.82, 2.24) is 0 Å². The maximum absolute atomic E-state index is 12.8. The topological polar surface area (TPSA) is 20.2 Å². The van der Waals surface area contributed by atoms with Crippen molar-refractivity contribution in [3.05, 3.63) is 54.1 Å². The second-order valence-corrected chi connectivity index (χ2v) is 4.66. The maximum Gasteiger partial charge on any atom is 0.404 e. The van der Waals surface area contributed by atoms with E-state index in [1.807, 2.05) is 0 Å². The Balaban J connectivity index is 2.58. The van der Waals surface area contributed by atoms with Gasteiger partial charge in [-0.1, -0.05) is 36.4 Å². The van der Waals surface area contributed by atoms with Crippen LogP contribution in [0.3, 0.4) is 0 Å². The van der Waals surface area contributed by atoms with Crippen LogP contribution in [-0.2, 0) is 0 Å². The summed E-state index contributed by atoms with van der Waals surface area (Å²) in [6.45, 7) is 0. The van der Waals surface area contributed by atoms with E-state index in [1.54, 1.807) is 18.2 Å². The van der Waals surface area contributed by atoms with Crippen molar-refractivity contribution in [2.75, 3.05) is 0 Å². The van der Waals surface area contributed by atoms with Gasteiger partial charge >= 0.3 is 12.4 Å². The lowest BCUT2D eigenvalue weighted by atomic mass is 9.93. The Bertz CT molecular complexity index is 631. The Morgan fingerprint density at radius 1 is 0.773 bits per heavy atom. The van der Waals surface area contributed by atoms with Crippen LogP contribution < -0.4 is 0 Å². The van der Waals surface area contributed by atoms with E-state index in [0.717, 1.165) is 12.1 Å². The summed E-state index contributed by atoms with van der Waals surface area (Å²) in [5, 5.41) is 9.71. The molecule has 0 fully saturated rings. The summed E-state index contributed by atoms with van der Waals surface area (Å²) in [5.41, 5.74) is -0.724. The molecule has 0 heterocycles. The van der Waals surface area contributed by atoms with Crippen molar-refractivity contribution in [3.63, 3.8) is 0 Å². The predicted molar refractivity (Wildman–Crippen MR) is 68.4 cm³/mol. The van der Waals surface area contributed by atoms with Crippen molar-refractivity contribution >= 4 is 0 Å². The summed E-state index contributed by atoms with van der Waals surface area (Å²) < 4.78 is 76.5. The fourth-order valence-electron chi connectivity index (χ4n) is 2.15. The molecule has 22 heavy (non-hydrogen) atoms. The molecule has 0 aliphatic rings. The largest absolute Gasteiger partial charge is 0.507 e. The molecule has 1 N–H and O–H groups in total. The fraction of sp³-hybridized carbons (Fsp3) is 0.200. The first-order valence-corrected chi connectivity index (χ1v) is 6.12. The molecule has 0 amide bonds. The van der Waals surface area contributed by atoms with Gasteiger partial charge in [-0.15, -0.1) is 0 Å². The van der Waals surface area contributed by atoms with E-state index >= 15 is 0 Å². The van der Waals surface area contributed by atoms with Gasteiger partial charge in [0.2, 0.25) is 0 Å². The van der Waals surface area contributed by atoms with Gasteiger partial charge in [-0.3, -0.25) is 0 Å². The van der Waals surface area contributed by atoms with Gasteiger partial charge in [0.25, 0.3) is 0 Å². The third kappa shape index (κ3) is 3.35. The highest BCUT2D eigenvalue weighted by atomic mass is 19.4. The van der Waals surface area contributed by atoms with Gasteiger partial charge < -0.3 is 5.11 Å². The zero-order valence-electron chi connectivity index (χ0n) is 10.9. The van der Waals surface area contributed by atoms with Gasteiger partial charge in [0.1, 0.15) is 5.75 Å². The molecular weight excluding hydrogens is 310 g/mol. The van der Waals surface area contributed by atoms with Crippen LogP contribution in [0.2, 0.25) is 0 Å². The number of alkyl halides is 6. The molecule has 2 aromatic rings. The molecule has 2 rings (SSSR count). The second-order valence-electron chi connectivity index (χ2n) is 4.66. The van der Waals surface area contributed by atoms with Crippen LogP contribution in [0.1, 0.15) is 11.5 Å². The molecule has 0 aliphatic carbocycles. The molecule has 0 aromatic heterocycles. The first kappa shape index (κ1) is 16.2. The number of phenols is 1. The molecule has 0 spiro atoms. The first-order chi connectivity index (χ1) is 10.1. The summed E-state index contributed by atoms with van der Waals surface area (Å²) in [7, 11) is 0. The van der Waals surface area contributed by atoms with Crippen LogP contribution in [0.5, 0.6) is 5.75 Å². The molecule has 0 unspecified atom stereocenters. The van der Waals surface area contributed by atoms with Gasteiger partial charge in [0.05, 0.1) is 0 Å². The monoisotopic (exact) mass is 320 g/mol. The maximum atomic E-state index is 12.8. The Hall–Kier alpha value is -2.18. The molecule has 0 atom stereocenters. The van der Waals surface area contributed by atoms with E-state index in [1.165, 1.54) is 12.1 Å². The van der Waals surface area contributed by atoms with E-state index < -0.39 is 29.6 Å². The summed E-state index contributed by atoms with van der Waals surface area (Å²) in [6.07, 6.45) is -10.9. The minimum Gasteiger partial charge on any atom is -0.507 e. The van der Waals surface area contributed by atoms with Crippen LogP contribution in [0.15, 0.2) is 48.5 Å². The smallest absolute Gasteiger partial charge is 0.404 e. The van der Waals surface area contributed by atoms with Crippen LogP contribution >= 0.6 is 0 Å². The lowest BCUT2D eigenvalue weighted by Crippen LogP contribution is -2.34. The van der Waals surface area contributed by atoms with Gasteiger partial charge in [0.15, 0.2) is 5.92 Å². The van der Waals surface area contributed by atoms with E-state index in [9.17, 15) is 31.4 Å². The lowest BCUT2D eigenvalue weighted by molar-refractivity contribution is -0.253. The standard InChI is InChI=1S/C15H10F6O/c16-14(17,18)13(15(19,20)21)10-6-7-12(22)11(8-10)9-4-2-1-3-5-9/h1-8,13,22H. The van der Waals surface area contributed by atoms with Gasteiger partial charge in [-0.25, -0.2) is 0 Å². The minimum absolute atomic E-state index is 0.0865. The Labute approximate surface area is 121 Å². The fourth-order valence-corrected chi connectivity index (χ4v) is 2.15. The highest BCUT2D eigenvalue weighted by molar-refractivity contribution is 5.71. The molecule has 118 valence electrons. The average molecular weight is 320 g/mol. The van der Waals surface area contributed by atoms with Crippen LogP contribution in [0, 0.1) is 0 Å². The highest BCUT2D eigenvalue weighted by Crippen LogP contribution is 2.47. The van der Waals surface area contributed by atoms with E-state index in [2.05, 4.69) is 0 Å². The molecule has 0 radical (unpaired) electrons. The molecular formula is C15H10F6O. The summed E-state index contributed by atoms with van der Waals surface area (Å²) in [6, 6.07) is 9.91. The van der Waals surface area contributed by atoms with E-state index in [4.69, 9.17) is 0 Å². The summed E-state index contributed by atoms with van der Waals surface area (Å²) >= 11 is 0. The van der Waals surface area contributed by atoms with Crippen LogP contribution in [-0.4, -0.2) is 17.5 Å². The molecule has 7 heteroatoms. The summed E-state index contributed by atoms with van der Waals surface area (Å²) in [4.78, 5) is 0. The number of phenolic OH excluding ortho intramolecular Hbond substituents is 1. The number of benzene rings is 2. The molecule has 0 saturated heterocycles. The van der Waals surface area contributed by atoms with Crippen molar-refractivity contribution in [3.8, 4) is 16.9 Å². The third-order valence-corrected chi connectivity index (χ3v) is 3.09. The van der Waals surface area contributed by atoms with Crippen molar-refractivity contribution in [2.24, 2.45) is 0 Å². The van der Waals surface area contributed by atoms with Crippen LogP contribution in [0.4, 0.5) is 26.3 Å². The number of rotatable bonds is 2. The van der Waals surface area contributed by atoms with Gasteiger partial charge in [-0.05, 0) is 23.3 Å². The predicted octanol–water partition coefficient (Wildman–Crippen LogP) is 5.27. The molecule has 0 aliphatic heterocycles. The van der Waals surface area contributed by atoms with E-state index in [0.29, 0.717) is 11.6 Å². The SMILES string of the molecule is Oc1ccc(C(C(F)(F)F)C(F)(F)F)cc1-c1ccccc1. The van der Waals surface area contributed by atoms with Gasteiger partial charge in [-0.2, -0.15) is 26.3 Å². The Kier molecular flexibility index (Phi) is 4.08. The second kappa shape index (κ2) is 5.55. The Morgan fingerprint density at radius 3 is 1.82 bits per heavy atom. The van der Waals surface area contributed by atoms with Gasteiger partial charge in [0, 0.05) is 5.56 Å². The number of halogens is 6. The number of hydrogen-bond donors (Lipinski definition) is 1. The molecule has 0 saturated carbocycles. The number of aromatic hydroxyl groups is 1. The minimum atomic E-state index is -5.47. The highest BCUT2D eigenvalue weighted by Gasteiger charge is 2.57. The normalized spacial score (nSPS) is 12.7. The van der Waals surface area contributed by atoms with Crippen LogP contribution in [0.25, 0.3) is 11.1 Å². The van der Waals surface area contributed by atoms with Crippen molar-refractivity contribution < 1.29 is 31.4 Å². The van der Waals surface area contributed by atoms with Crippen molar-refractivity contribution in [2.45, 2.75) is 18.3 Å². The zero-order chi connectivity index (χ0) is 16.5. The zero-order valence-corrected chi connectivity index (χ0v) is 10.9. The number of hydrogen-bond acceptors (Lipinski definition) is 1. The quantitative estimate of drug-likeness (QED) is 0.748. The van der Waals surface area contributed by atoms with Crippen molar-refractivity contribution in [1.29, 1.82) is 0 Å². The Morgan fingerprint density at radius 2 is 1.32 bits per heavy atom. The molecule has 0 bridgehead atoms. The molecule has 1 nitrogen and oxygen atoms in total. The lowest BCUT2D eigenvalue weighted by Gasteiger charge is -2.24. The average Bonchev–Trinajstić information content (AvgIpc) is 2.39.